The first-order valence-electron chi connectivity index (χ1n) is 6.70. The van der Waals surface area contributed by atoms with Crippen LogP contribution in [-0.4, -0.2) is 14.2 Å². The summed E-state index contributed by atoms with van der Waals surface area (Å²) in [6.07, 6.45) is 0.896. The van der Waals surface area contributed by atoms with Crippen LogP contribution >= 0.6 is 11.6 Å². The van der Waals surface area contributed by atoms with E-state index in [9.17, 15) is 0 Å². The van der Waals surface area contributed by atoms with Gasteiger partial charge in [0.1, 0.15) is 5.75 Å². The van der Waals surface area contributed by atoms with Crippen molar-refractivity contribution in [2.24, 2.45) is 0 Å². The zero-order valence-electron chi connectivity index (χ0n) is 12.1. The maximum absolute atomic E-state index is 5.93. The summed E-state index contributed by atoms with van der Waals surface area (Å²) < 4.78 is 5.48. The molecule has 2 nitrogen and oxygen atoms in total. The van der Waals surface area contributed by atoms with Gasteiger partial charge in [-0.15, -0.1) is 0 Å². The van der Waals surface area contributed by atoms with E-state index in [2.05, 4.69) is 36.5 Å². The monoisotopic (exact) mass is 289 g/mol. The zero-order valence-corrected chi connectivity index (χ0v) is 12.9. The van der Waals surface area contributed by atoms with Gasteiger partial charge in [-0.3, -0.25) is 0 Å². The Bertz CT molecular complexity index is 566. The summed E-state index contributed by atoms with van der Waals surface area (Å²) in [5.74, 6) is 0.920. The average Bonchev–Trinajstić information content (AvgIpc) is 2.46. The quantitative estimate of drug-likeness (QED) is 0.892. The van der Waals surface area contributed by atoms with Gasteiger partial charge >= 0.3 is 0 Å². The lowest BCUT2D eigenvalue weighted by atomic mass is 9.97. The minimum Gasteiger partial charge on any atom is -0.496 e. The van der Waals surface area contributed by atoms with Crippen molar-refractivity contribution in [1.82, 2.24) is 5.32 Å². The highest BCUT2D eigenvalue weighted by Crippen LogP contribution is 2.28. The number of ether oxygens (including phenoxy) is 1. The predicted octanol–water partition coefficient (Wildman–Crippen LogP) is 4.16. The second-order valence-electron chi connectivity index (χ2n) is 4.92. The summed E-state index contributed by atoms with van der Waals surface area (Å²) in [6.45, 7) is 2.10. The van der Waals surface area contributed by atoms with Gasteiger partial charge in [0, 0.05) is 16.6 Å². The van der Waals surface area contributed by atoms with E-state index in [-0.39, 0.29) is 6.04 Å². The molecule has 0 spiro atoms. The molecule has 1 atom stereocenters. The van der Waals surface area contributed by atoms with E-state index >= 15 is 0 Å². The van der Waals surface area contributed by atoms with Gasteiger partial charge in [-0.2, -0.15) is 0 Å². The van der Waals surface area contributed by atoms with Crippen molar-refractivity contribution in [3.8, 4) is 5.75 Å². The largest absolute Gasteiger partial charge is 0.496 e. The molecule has 0 radical (unpaired) electrons. The van der Waals surface area contributed by atoms with E-state index < -0.39 is 0 Å². The molecule has 0 fully saturated rings. The van der Waals surface area contributed by atoms with Crippen molar-refractivity contribution >= 4 is 11.6 Å². The van der Waals surface area contributed by atoms with Crippen LogP contribution in [0.15, 0.2) is 42.5 Å². The van der Waals surface area contributed by atoms with Crippen molar-refractivity contribution in [2.45, 2.75) is 19.4 Å². The Morgan fingerprint density at radius 3 is 2.45 bits per heavy atom. The number of nitrogens with one attached hydrogen (secondary N) is 1. The predicted molar refractivity (Wildman–Crippen MR) is 84.7 cm³/mol. The molecular weight excluding hydrogens is 270 g/mol. The van der Waals surface area contributed by atoms with Crippen LogP contribution in [0.4, 0.5) is 0 Å². The zero-order chi connectivity index (χ0) is 14.5. The summed E-state index contributed by atoms with van der Waals surface area (Å²) in [6, 6.07) is 14.5. The first-order chi connectivity index (χ1) is 9.63. The normalized spacial score (nSPS) is 12.2. The third-order valence-electron chi connectivity index (χ3n) is 3.46. The number of halogens is 1. The number of hydrogen-bond donors (Lipinski definition) is 1. The van der Waals surface area contributed by atoms with Crippen molar-refractivity contribution in [1.29, 1.82) is 0 Å². The Kier molecular flexibility index (Phi) is 5.05. The fourth-order valence-electron chi connectivity index (χ4n) is 2.35. The van der Waals surface area contributed by atoms with Crippen molar-refractivity contribution in [2.75, 3.05) is 14.2 Å². The smallest absolute Gasteiger partial charge is 0.123 e. The molecule has 0 amide bonds. The Balaban J connectivity index is 2.28. The third kappa shape index (κ3) is 3.53. The van der Waals surface area contributed by atoms with Crippen LogP contribution in [0.5, 0.6) is 5.75 Å². The van der Waals surface area contributed by atoms with Gasteiger partial charge in [0.25, 0.3) is 0 Å². The van der Waals surface area contributed by atoms with Crippen LogP contribution in [-0.2, 0) is 6.42 Å². The number of hydrogen-bond acceptors (Lipinski definition) is 2. The average molecular weight is 290 g/mol. The summed E-state index contributed by atoms with van der Waals surface area (Å²) in [5, 5.41) is 4.14. The molecule has 0 aliphatic heterocycles. The molecule has 0 saturated carbocycles. The van der Waals surface area contributed by atoms with Gasteiger partial charge in [0.05, 0.1) is 7.11 Å². The molecule has 1 unspecified atom stereocenters. The fraction of sp³-hybridized carbons (Fsp3) is 0.294. The molecule has 0 heterocycles. The van der Waals surface area contributed by atoms with Gasteiger partial charge in [-0.25, -0.2) is 0 Å². The van der Waals surface area contributed by atoms with Gasteiger partial charge in [-0.1, -0.05) is 41.4 Å². The number of likely N-dealkylation sites (N-methyl/N-ethyl adjacent to an activating group) is 1. The standard InChI is InChI=1S/C17H20ClNO/c1-12-4-9-17(20-3)15(10-12)16(19-2)11-13-5-7-14(18)8-6-13/h4-10,16,19H,11H2,1-3H3. The highest BCUT2D eigenvalue weighted by atomic mass is 35.5. The van der Waals surface area contributed by atoms with Crippen LogP contribution < -0.4 is 10.1 Å². The minimum absolute atomic E-state index is 0.214. The Morgan fingerprint density at radius 1 is 1.15 bits per heavy atom. The highest BCUT2D eigenvalue weighted by molar-refractivity contribution is 6.30. The molecule has 2 aromatic carbocycles. The second kappa shape index (κ2) is 6.78. The molecule has 3 heteroatoms. The van der Waals surface area contributed by atoms with Crippen molar-refractivity contribution < 1.29 is 4.74 Å². The van der Waals surface area contributed by atoms with Crippen LogP contribution in [0.1, 0.15) is 22.7 Å². The van der Waals surface area contributed by atoms with E-state index in [1.807, 2.05) is 25.2 Å². The van der Waals surface area contributed by atoms with Crippen LogP contribution in [0.25, 0.3) is 0 Å². The van der Waals surface area contributed by atoms with Crippen LogP contribution in [0, 0.1) is 6.92 Å². The van der Waals surface area contributed by atoms with Crippen molar-refractivity contribution in [3.63, 3.8) is 0 Å². The van der Waals surface area contributed by atoms with Crippen LogP contribution in [0.2, 0.25) is 5.02 Å². The molecule has 0 aromatic heterocycles. The summed E-state index contributed by atoms with van der Waals surface area (Å²) in [4.78, 5) is 0. The Labute approximate surface area is 125 Å². The molecular formula is C17H20ClNO. The third-order valence-corrected chi connectivity index (χ3v) is 3.71. The molecule has 0 saturated heterocycles. The minimum atomic E-state index is 0.214. The first kappa shape index (κ1) is 14.9. The van der Waals surface area contributed by atoms with Crippen molar-refractivity contribution in [3.05, 3.63) is 64.2 Å². The van der Waals surface area contributed by atoms with E-state index in [1.54, 1.807) is 7.11 Å². The Morgan fingerprint density at radius 2 is 1.85 bits per heavy atom. The number of benzene rings is 2. The molecule has 1 N–H and O–H groups in total. The lowest BCUT2D eigenvalue weighted by Gasteiger charge is -2.20. The molecule has 2 rings (SSSR count). The van der Waals surface area contributed by atoms with Gasteiger partial charge in [0.15, 0.2) is 0 Å². The highest BCUT2D eigenvalue weighted by Gasteiger charge is 2.15. The van der Waals surface area contributed by atoms with E-state index in [4.69, 9.17) is 16.3 Å². The van der Waals surface area contributed by atoms with Gasteiger partial charge < -0.3 is 10.1 Å². The number of rotatable bonds is 5. The number of methoxy groups -OCH3 is 1. The maximum Gasteiger partial charge on any atom is 0.123 e. The first-order valence-corrected chi connectivity index (χ1v) is 7.08. The molecule has 20 heavy (non-hydrogen) atoms. The molecule has 0 aliphatic carbocycles. The molecule has 106 valence electrons. The molecule has 2 aromatic rings. The summed E-state index contributed by atoms with van der Waals surface area (Å²) in [7, 11) is 3.69. The fourth-order valence-corrected chi connectivity index (χ4v) is 2.48. The molecule has 0 bridgehead atoms. The summed E-state index contributed by atoms with van der Waals surface area (Å²) >= 11 is 5.93. The topological polar surface area (TPSA) is 21.3 Å². The maximum atomic E-state index is 5.93. The molecule has 0 aliphatic rings. The lowest BCUT2D eigenvalue weighted by Crippen LogP contribution is -2.19. The number of aryl methyl sites for hydroxylation is 1. The van der Waals surface area contributed by atoms with Gasteiger partial charge in [-0.05, 0) is 44.2 Å². The summed E-state index contributed by atoms with van der Waals surface area (Å²) in [5.41, 5.74) is 3.67. The van der Waals surface area contributed by atoms with E-state index in [0.717, 1.165) is 17.2 Å². The second-order valence-corrected chi connectivity index (χ2v) is 5.35. The van der Waals surface area contributed by atoms with Crippen LogP contribution in [0.3, 0.4) is 0 Å². The van der Waals surface area contributed by atoms with E-state index in [0.29, 0.717) is 0 Å². The van der Waals surface area contributed by atoms with Gasteiger partial charge in [0.2, 0.25) is 0 Å². The Hall–Kier alpha value is -1.51. The SMILES string of the molecule is CNC(Cc1ccc(Cl)cc1)c1cc(C)ccc1OC. The van der Waals surface area contributed by atoms with E-state index in [1.165, 1.54) is 16.7 Å². The lowest BCUT2D eigenvalue weighted by molar-refractivity contribution is 0.401.